The highest BCUT2D eigenvalue weighted by Gasteiger charge is 2.15. The minimum Gasteiger partial charge on any atom is -0.497 e. The van der Waals surface area contributed by atoms with Crippen LogP contribution in [0.4, 0.5) is 5.69 Å². The Balaban J connectivity index is 1.88. The minimum atomic E-state index is 0.0308. The van der Waals surface area contributed by atoms with E-state index in [4.69, 9.17) is 9.47 Å². The Labute approximate surface area is 132 Å². The first-order valence-corrected chi connectivity index (χ1v) is 8.08. The van der Waals surface area contributed by atoms with Crippen LogP contribution in [0.25, 0.3) is 0 Å². The normalized spacial score (nSPS) is 15.9. The number of methoxy groups -OCH3 is 2. The van der Waals surface area contributed by atoms with E-state index in [0.717, 1.165) is 6.54 Å². The van der Waals surface area contributed by atoms with Gasteiger partial charge in [-0.2, -0.15) is 0 Å². The van der Waals surface area contributed by atoms with Crippen molar-refractivity contribution in [2.45, 2.75) is 32.1 Å². The van der Waals surface area contributed by atoms with E-state index in [0.29, 0.717) is 23.6 Å². The summed E-state index contributed by atoms with van der Waals surface area (Å²) >= 11 is 0. The molecular weight excluding hydrogens is 280 g/mol. The number of likely N-dealkylation sites (tertiary alicyclic amines) is 1. The van der Waals surface area contributed by atoms with Gasteiger partial charge in [-0.15, -0.1) is 0 Å². The van der Waals surface area contributed by atoms with Gasteiger partial charge in [-0.25, -0.2) is 0 Å². The molecule has 1 fully saturated rings. The molecule has 1 saturated heterocycles. The van der Waals surface area contributed by atoms with E-state index in [1.54, 1.807) is 31.3 Å². The first-order valence-electron chi connectivity index (χ1n) is 8.08. The van der Waals surface area contributed by atoms with Gasteiger partial charge in [0.05, 0.1) is 46.0 Å². The summed E-state index contributed by atoms with van der Waals surface area (Å²) in [5, 5.41) is 2.93. The van der Waals surface area contributed by atoms with Gasteiger partial charge in [-0.3, -0.25) is 4.79 Å². The van der Waals surface area contributed by atoms with Crippen LogP contribution in [0.3, 0.4) is 0 Å². The first-order chi connectivity index (χ1) is 10.7. The molecule has 5 nitrogen and oxygen atoms in total. The lowest BCUT2D eigenvalue weighted by atomic mass is 10.2. The molecule has 1 aliphatic rings. The number of amides is 1. The van der Waals surface area contributed by atoms with E-state index in [-0.39, 0.29) is 5.91 Å². The van der Waals surface area contributed by atoms with Crippen LogP contribution in [0.5, 0.6) is 11.5 Å². The molecule has 0 unspecified atom stereocenters. The summed E-state index contributed by atoms with van der Waals surface area (Å²) in [4.78, 5) is 13.7. The Morgan fingerprint density at radius 2 is 1.86 bits per heavy atom. The SMILES string of the molecule is COc1ccc(OC)c(NC(=O)CC[NH+]2CCCCCC2)c1. The number of rotatable bonds is 6. The summed E-state index contributed by atoms with van der Waals surface area (Å²) in [5.74, 6) is 1.38. The quantitative estimate of drug-likeness (QED) is 0.837. The third-order valence-electron chi connectivity index (χ3n) is 4.20. The average Bonchev–Trinajstić information content (AvgIpc) is 2.81. The molecule has 0 atom stereocenters. The number of anilines is 1. The van der Waals surface area contributed by atoms with Crippen molar-refractivity contribution in [2.24, 2.45) is 0 Å². The summed E-state index contributed by atoms with van der Waals surface area (Å²) in [6.07, 6.45) is 5.75. The molecule has 0 saturated carbocycles. The molecular formula is C17H27N2O3+. The summed E-state index contributed by atoms with van der Waals surface area (Å²) < 4.78 is 10.5. The Morgan fingerprint density at radius 1 is 1.14 bits per heavy atom. The second-order valence-corrected chi connectivity index (χ2v) is 5.78. The van der Waals surface area contributed by atoms with E-state index in [1.807, 2.05) is 6.07 Å². The molecule has 0 aromatic heterocycles. The monoisotopic (exact) mass is 307 g/mol. The molecule has 2 rings (SSSR count). The molecule has 0 radical (unpaired) electrons. The predicted molar refractivity (Wildman–Crippen MR) is 86.8 cm³/mol. The fourth-order valence-electron chi connectivity index (χ4n) is 2.89. The van der Waals surface area contributed by atoms with Crippen LogP contribution in [-0.2, 0) is 4.79 Å². The van der Waals surface area contributed by atoms with E-state index in [2.05, 4.69) is 5.32 Å². The van der Waals surface area contributed by atoms with Gasteiger partial charge in [-0.1, -0.05) is 0 Å². The number of ether oxygens (including phenoxy) is 2. The zero-order valence-electron chi connectivity index (χ0n) is 13.6. The second kappa shape index (κ2) is 8.63. The number of hydrogen-bond acceptors (Lipinski definition) is 3. The summed E-state index contributed by atoms with van der Waals surface area (Å²) in [5.41, 5.74) is 0.665. The average molecular weight is 307 g/mol. The van der Waals surface area contributed by atoms with Crippen molar-refractivity contribution in [3.05, 3.63) is 18.2 Å². The van der Waals surface area contributed by atoms with Crippen LogP contribution in [0.1, 0.15) is 32.1 Å². The van der Waals surface area contributed by atoms with E-state index in [9.17, 15) is 4.79 Å². The highest BCUT2D eigenvalue weighted by molar-refractivity contribution is 5.92. The Kier molecular flexibility index (Phi) is 6.52. The summed E-state index contributed by atoms with van der Waals surface area (Å²) in [6, 6.07) is 5.40. The summed E-state index contributed by atoms with van der Waals surface area (Å²) in [6.45, 7) is 3.28. The van der Waals surface area contributed by atoms with Crippen molar-refractivity contribution < 1.29 is 19.2 Å². The molecule has 1 heterocycles. The lowest BCUT2D eigenvalue weighted by Crippen LogP contribution is -3.12. The highest BCUT2D eigenvalue weighted by Crippen LogP contribution is 2.28. The fourth-order valence-corrected chi connectivity index (χ4v) is 2.89. The van der Waals surface area contributed by atoms with Crippen molar-refractivity contribution in [1.82, 2.24) is 0 Å². The molecule has 0 spiro atoms. The molecule has 22 heavy (non-hydrogen) atoms. The third-order valence-corrected chi connectivity index (χ3v) is 4.20. The number of quaternary nitrogens is 1. The van der Waals surface area contributed by atoms with Crippen LogP contribution in [-0.4, -0.2) is 39.8 Å². The van der Waals surface area contributed by atoms with Crippen molar-refractivity contribution in [1.29, 1.82) is 0 Å². The lowest BCUT2D eigenvalue weighted by molar-refractivity contribution is -0.898. The van der Waals surface area contributed by atoms with Gasteiger partial charge in [0.15, 0.2) is 0 Å². The van der Waals surface area contributed by atoms with Gasteiger partial charge in [-0.05, 0) is 37.8 Å². The number of benzene rings is 1. The van der Waals surface area contributed by atoms with Crippen molar-refractivity contribution >= 4 is 11.6 Å². The maximum Gasteiger partial charge on any atom is 0.230 e. The van der Waals surface area contributed by atoms with Crippen LogP contribution in [0.2, 0.25) is 0 Å². The Hall–Kier alpha value is -1.75. The van der Waals surface area contributed by atoms with Crippen LogP contribution < -0.4 is 19.7 Å². The van der Waals surface area contributed by atoms with Gasteiger partial charge in [0, 0.05) is 6.07 Å². The zero-order valence-corrected chi connectivity index (χ0v) is 13.6. The zero-order chi connectivity index (χ0) is 15.8. The molecule has 1 aliphatic heterocycles. The Morgan fingerprint density at radius 3 is 2.50 bits per heavy atom. The topological polar surface area (TPSA) is 52.0 Å². The number of nitrogens with one attached hydrogen (secondary N) is 2. The van der Waals surface area contributed by atoms with E-state index >= 15 is 0 Å². The van der Waals surface area contributed by atoms with Gasteiger partial charge in [0.25, 0.3) is 0 Å². The third kappa shape index (κ3) is 4.91. The molecule has 1 aromatic carbocycles. The number of carbonyl (C=O) groups is 1. The van der Waals surface area contributed by atoms with Crippen LogP contribution in [0, 0.1) is 0 Å². The van der Waals surface area contributed by atoms with Crippen molar-refractivity contribution in [2.75, 3.05) is 39.2 Å². The number of carbonyl (C=O) groups excluding carboxylic acids is 1. The smallest absolute Gasteiger partial charge is 0.230 e. The molecule has 0 aliphatic carbocycles. The molecule has 1 amide bonds. The fraction of sp³-hybridized carbons (Fsp3) is 0.588. The maximum absolute atomic E-state index is 12.2. The van der Waals surface area contributed by atoms with Crippen LogP contribution in [0.15, 0.2) is 18.2 Å². The van der Waals surface area contributed by atoms with Gasteiger partial charge >= 0.3 is 0 Å². The van der Waals surface area contributed by atoms with Gasteiger partial charge in [0.1, 0.15) is 11.5 Å². The predicted octanol–water partition coefficient (Wildman–Crippen LogP) is 1.49. The molecule has 2 N–H and O–H groups in total. The second-order valence-electron chi connectivity index (χ2n) is 5.78. The lowest BCUT2D eigenvalue weighted by Gasteiger charge is -2.17. The molecule has 122 valence electrons. The van der Waals surface area contributed by atoms with Crippen molar-refractivity contribution in [3.8, 4) is 11.5 Å². The minimum absolute atomic E-state index is 0.0308. The maximum atomic E-state index is 12.2. The van der Waals surface area contributed by atoms with E-state index < -0.39 is 0 Å². The molecule has 0 bridgehead atoms. The molecule has 5 heteroatoms. The largest absolute Gasteiger partial charge is 0.497 e. The summed E-state index contributed by atoms with van der Waals surface area (Å²) in [7, 11) is 3.20. The van der Waals surface area contributed by atoms with Crippen molar-refractivity contribution in [3.63, 3.8) is 0 Å². The standard InChI is InChI=1S/C17H26N2O3/c1-21-14-7-8-16(22-2)15(13-14)18-17(20)9-12-19-10-5-3-4-6-11-19/h7-8,13H,3-6,9-12H2,1-2H3,(H,18,20)/p+1. The number of hydrogen-bond donors (Lipinski definition) is 2. The molecule has 1 aromatic rings. The van der Waals surface area contributed by atoms with Gasteiger partial charge < -0.3 is 19.7 Å². The Bertz CT molecular complexity index is 483. The van der Waals surface area contributed by atoms with E-state index in [1.165, 1.54) is 38.8 Å². The first kappa shape index (κ1) is 16.6. The van der Waals surface area contributed by atoms with Gasteiger partial charge in [0.2, 0.25) is 5.91 Å². The van der Waals surface area contributed by atoms with Crippen LogP contribution >= 0.6 is 0 Å². The highest BCUT2D eigenvalue weighted by atomic mass is 16.5.